The second-order valence-electron chi connectivity index (χ2n) is 4.69. The van der Waals surface area contributed by atoms with Crippen molar-refractivity contribution in [2.24, 2.45) is 0 Å². The molecule has 4 nitrogen and oxygen atoms in total. The molecule has 0 amide bonds. The third kappa shape index (κ3) is 7.04. The second kappa shape index (κ2) is 8.90. The van der Waals surface area contributed by atoms with Crippen LogP contribution in [0, 0.1) is 0 Å². The summed E-state index contributed by atoms with van der Waals surface area (Å²) in [4.78, 5) is 0. The molecule has 0 bridgehead atoms. The number of hydrogen-bond donors (Lipinski definition) is 2. The Morgan fingerprint density at radius 2 is 1.64 bits per heavy atom. The maximum Gasteiger partial charge on any atom is 0.261 e. The molecule has 0 aliphatic heterocycles. The molecule has 0 aliphatic carbocycles. The van der Waals surface area contributed by atoms with E-state index in [4.69, 9.17) is 21.3 Å². The molecule has 0 fully saturated rings. The number of benzene rings is 2. The minimum absolute atomic E-state index is 0.194. The first-order valence-corrected chi connectivity index (χ1v) is 8.91. The summed E-state index contributed by atoms with van der Waals surface area (Å²) in [5.74, 6) is 0. The zero-order valence-corrected chi connectivity index (χ0v) is 13.8. The van der Waals surface area contributed by atoms with E-state index >= 15 is 0 Å². The predicted molar refractivity (Wildman–Crippen MR) is 89.8 cm³/mol. The van der Waals surface area contributed by atoms with Crippen LogP contribution in [-0.4, -0.2) is 30.9 Å². The first kappa shape index (κ1) is 18.6. The van der Waals surface area contributed by atoms with Gasteiger partial charge >= 0.3 is 0 Å². The summed E-state index contributed by atoms with van der Waals surface area (Å²) in [6.45, 7) is 0.194. The molecule has 0 atom stereocenters. The lowest BCUT2D eigenvalue weighted by atomic mass is 9.97. The fourth-order valence-corrected chi connectivity index (χ4v) is 2.23. The van der Waals surface area contributed by atoms with Crippen molar-refractivity contribution in [3.8, 4) is 11.1 Å². The molecule has 0 saturated heterocycles. The van der Waals surface area contributed by atoms with E-state index in [1.807, 2.05) is 30.3 Å². The Kier molecular flexibility index (Phi) is 7.55. The molecule has 0 unspecified atom stereocenters. The van der Waals surface area contributed by atoms with Gasteiger partial charge in [-0.2, -0.15) is 8.42 Å². The number of aliphatic hydroxyl groups excluding tert-OH is 1. The molecule has 2 aromatic rings. The van der Waals surface area contributed by atoms with Crippen LogP contribution < -0.4 is 0 Å². The molecule has 0 radical (unpaired) electrons. The summed E-state index contributed by atoms with van der Waals surface area (Å²) in [6, 6.07) is 16.1. The monoisotopic (exact) mass is 342 g/mol. The van der Waals surface area contributed by atoms with Crippen LogP contribution in [0.1, 0.15) is 12.0 Å². The highest BCUT2D eigenvalue weighted by molar-refractivity contribution is 7.85. The molecule has 0 heterocycles. The van der Waals surface area contributed by atoms with Crippen LogP contribution in [-0.2, 0) is 16.5 Å². The quantitative estimate of drug-likeness (QED) is 0.835. The number of halogens is 1. The minimum atomic E-state index is -3.67. The van der Waals surface area contributed by atoms with Gasteiger partial charge in [0.15, 0.2) is 0 Å². The first-order chi connectivity index (χ1) is 10.3. The normalized spacial score (nSPS) is 10.7. The summed E-state index contributed by atoms with van der Waals surface area (Å²) >= 11 is 6.23. The summed E-state index contributed by atoms with van der Waals surface area (Å²) in [5.41, 5.74) is 3.45. The lowest BCUT2D eigenvalue weighted by molar-refractivity contribution is 0.288. The molecular weight excluding hydrogens is 324 g/mol. The van der Waals surface area contributed by atoms with Crippen LogP contribution in [0.2, 0.25) is 5.02 Å². The Bertz CT molecular complexity index is 677. The largest absolute Gasteiger partial charge is 0.396 e. The fraction of sp³-hybridized carbons (Fsp3) is 0.250. The summed E-state index contributed by atoms with van der Waals surface area (Å²) in [6.07, 6.45) is 2.26. The van der Waals surface area contributed by atoms with E-state index < -0.39 is 10.1 Å². The highest BCUT2D eigenvalue weighted by Crippen LogP contribution is 2.29. The van der Waals surface area contributed by atoms with Crippen LogP contribution in [0.3, 0.4) is 0 Å². The highest BCUT2D eigenvalue weighted by atomic mass is 35.5. The van der Waals surface area contributed by atoms with E-state index in [9.17, 15) is 8.42 Å². The minimum Gasteiger partial charge on any atom is -0.396 e. The standard InChI is InChI=1S/C15H15ClO.CH4O3S/c16-15-10-4-8-13(14(15)9-5-11-17)12-6-2-1-3-7-12;1-5(2,3)4/h1-4,6-8,10,17H,5,9,11H2;1H3,(H,2,3,4). The SMILES string of the molecule is CS(=O)(=O)O.OCCCc1c(Cl)cccc1-c1ccccc1. The number of rotatable bonds is 4. The second-order valence-corrected chi connectivity index (χ2v) is 6.57. The van der Waals surface area contributed by atoms with E-state index in [1.54, 1.807) is 0 Å². The van der Waals surface area contributed by atoms with Crippen molar-refractivity contribution in [2.75, 3.05) is 12.9 Å². The molecular formula is C16H19ClO4S. The molecule has 22 heavy (non-hydrogen) atoms. The van der Waals surface area contributed by atoms with E-state index in [0.29, 0.717) is 6.26 Å². The van der Waals surface area contributed by atoms with Crippen molar-refractivity contribution >= 4 is 21.7 Å². The van der Waals surface area contributed by atoms with Gasteiger partial charge in [0.2, 0.25) is 0 Å². The number of hydrogen-bond acceptors (Lipinski definition) is 3. The Morgan fingerprint density at radius 3 is 2.18 bits per heavy atom. The van der Waals surface area contributed by atoms with Gasteiger partial charge in [-0.05, 0) is 35.6 Å². The van der Waals surface area contributed by atoms with Gasteiger partial charge < -0.3 is 5.11 Å². The van der Waals surface area contributed by atoms with Crippen molar-refractivity contribution in [1.82, 2.24) is 0 Å². The summed E-state index contributed by atoms with van der Waals surface area (Å²) < 4.78 is 25.9. The molecule has 0 aromatic heterocycles. The van der Waals surface area contributed by atoms with Gasteiger partial charge in [-0.25, -0.2) is 0 Å². The molecule has 6 heteroatoms. The van der Waals surface area contributed by atoms with E-state index in [1.165, 1.54) is 5.56 Å². The van der Waals surface area contributed by atoms with Crippen molar-refractivity contribution in [3.63, 3.8) is 0 Å². The first-order valence-electron chi connectivity index (χ1n) is 6.69. The zero-order chi connectivity index (χ0) is 16.6. The Morgan fingerprint density at radius 1 is 1.05 bits per heavy atom. The Labute approximate surface area is 136 Å². The molecule has 2 N–H and O–H groups in total. The molecule has 2 aromatic carbocycles. The summed E-state index contributed by atoms with van der Waals surface area (Å²) in [7, 11) is -3.67. The lowest BCUT2D eigenvalue weighted by Gasteiger charge is -2.11. The molecule has 120 valence electrons. The summed E-state index contributed by atoms with van der Waals surface area (Å²) in [5, 5.41) is 9.71. The number of aliphatic hydroxyl groups is 1. The van der Waals surface area contributed by atoms with Crippen LogP contribution >= 0.6 is 11.6 Å². The van der Waals surface area contributed by atoms with E-state index in [2.05, 4.69) is 18.2 Å². The smallest absolute Gasteiger partial charge is 0.261 e. The predicted octanol–water partition coefficient (Wildman–Crippen LogP) is 3.44. The van der Waals surface area contributed by atoms with Gasteiger partial charge in [-0.15, -0.1) is 0 Å². The zero-order valence-electron chi connectivity index (χ0n) is 12.2. The van der Waals surface area contributed by atoms with Crippen LogP contribution in [0.5, 0.6) is 0 Å². The van der Waals surface area contributed by atoms with Gasteiger partial charge in [-0.1, -0.05) is 54.1 Å². The van der Waals surface area contributed by atoms with Crippen LogP contribution in [0.25, 0.3) is 11.1 Å². The van der Waals surface area contributed by atoms with Crippen LogP contribution in [0.15, 0.2) is 48.5 Å². The topological polar surface area (TPSA) is 74.6 Å². The molecule has 0 saturated carbocycles. The highest BCUT2D eigenvalue weighted by Gasteiger charge is 2.08. The molecule has 0 spiro atoms. The average molecular weight is 343 g/mol. The van der Waals surface area contributed by atoms with E-state index in [-0.39, 0.29) is 6.61 Å². The lowest BCUT2D eigenvalue weighted by Crippen LogP contribution is -1.94. The van der Waals surface area contributed by atoms with Gasteiger partial charge in [0.1, 0.15) is 0 Å². The Balaban J connectivity index is 0.000000422. The average Bonchev–Trinajstić information content (AvgIpc) is 2.45. The van der Waals surface area contributed by atoms with Gasteiger partial charge in [0.05, 0.1) is 6.26 Å². The van der Waals surface area contributed by atoms with Crippen molar-refractivity contribution in [3.05, 3.63) is 59.1 Å². The Hall–Kier alpha value is -1.40. The van der Waals surface area contributed by atoms with Gasteiger partial charge in [-0.3, -0.25) is 4.55 Å². The maximum atomic E-state index is 9.19. The molecule has 0 aliphatic rings. The third-order valence-electron chi connectivity index (χ3n) is 2.79. The van der Waals surface area contributed by atoms with Crippen molar-refractivity contribution in [1.29, 1.82) is 0 Å². The van der Waals surface area contributed by atoms with Crippen LogP contribution in [0.4, 0.5) is 0 Å². The van der Waals surface area contributed by atoms with Crippen molar-refractivity contribution < 1.29 is 18.1 Å². The third-order valence-corrected chi connectivity index (χ3v) is 3.14. The van der Waals surface area contributed by atoms with E-state index in [0.717, 1.165) is 29.0 Å². The van der Waals surface area contributed by atoms with Crippen molar-refractivity contribution in [2.45, 2.75) is 12.8 Å². The fourth-order valence-electron chi connectivity index (χ4n) is 1.96. The maximum absolute atomic E-state index is 9.19. The van der Waals surface area contributed by atoms with Gasteiger partial charge in [0.25, 0.3) is 10.1 Å². The van der Waals surface area contributed by atoms with Gasteiger partial charge in [0, 0.05) is 11.6 Å². The molecule has 2 rings (SSSR count).